The molecule has 1 aliphatic rings. The maximum atomic E-state index is 12.9. The topological polar surface area (TPSA) is 73.3 Å². The summed E-state index contributed by atoms with van der Waals surface area (Å²) in [5.74, 6) is -0.774. The molecule has 0 bridgehead atoms. The summed E-state index contributed by atoms with van der Waals surface area (Å²) in [5.41, 5.74) is 2.33. The predicted molar refractivity (Wildman–Crippen MR) is 104 cm³/mol. The molecule has 1 amide bonds. The molecule has 1 heterocycles. The van der Waals surface area contributed by atoms with Crippen LogP contribution in [0, 0.1) is 6.92 Å². The number of carboxylic acids is 1. The van der Waals surface area contributed by atoms with Crippen LogP contribution in [0.25, 0.3) is 0 Å². The van der Waals surface area contributed by atoms with Crippen LogP contribution >= 0.6 is 0 Å². The highest BCUT2D eigenvalue weighted by molar-refractivity contribution is 5.81. The molecular weight excluding hydrogens is 346 g/mol. The smallest absolute Gasteiger partial charge is 0.317 e. The van der Waals surface area contributed by atoms with E-state index in [1.165, 1.54) is 5.56 Å². The van der Waals surface area contributed by atoms with E-state index in [-0.39, 0.29) is 24.6 Å². The van der Waals surface area contributed by atoms with E-state index >= 15 is 0 Å². The van der Waals surface area contributed by atoms with Gasteiger partial charge >= 0.3 is 5.97 Å². The summed E-state index contributed by atoms with van der Waals surface area (Å²) in [5, 5.41) is 8.88. The minimum Gasteiger partial charge on any atom is -0.480 e. The second-order valence-corrected chi connectivity index (χ2v) is 7.37. The molecule has 0 saturated carbocycles. The second-order valence-electron chi connectivity index (χ2n) is 7.37. The highest BCUT2D eigenvalue weighted by Gasteiger charge is 2.30. The van der Waals surface area contributed by atoms with E-state index in [9.17, 15) is 9.59 Å². The van der Waals surface area contributed by atoms with Crippen molar-refractivity contribution in [1.82, 2.24) is 14.7 Å². The molecule has 0 radical (unpaired) electrons. The lowest BCUT2D eigenvalue weighted by atomic mass is 10.1. The number of carbonyl (C=O) groups is 2. The fourth-order valence-electron chi connectivity index (χ4n) is 3.44. The lowest BCUT2D eigenvalue weighted by Gasteiger charge is -2.38. The molecule has 0 aromatic heterocycles. The maximum absolute atomic E-state index is 12.9. The van der Waals surface area contributed by atoms with Crippen molar-refractivity contribution in [3.63, 3.8) is 0 Å². The molecule has 2 unspecified atom stereocenters. The Kier molecular flexibility index (Phi) is 7.77. The summed E-state index contributed by atoms with van der Waals surface area (Å²) in [6, 6.07) is 7.85. The van der Waals surface area contributed by atoms with Gasteiger partial charge in [0.05, 0.1) is 25.3 Å². The van der Waals surface area contributed by atoms with Crippen molar-refractivity contribution in [1.29, 1.82) is 0 Å². The van der Waals surface area contributed by atoms with Gasteiger partial charge in [0, 0.05) is 33.2 Å². The SMILES string of the molecule is Cc1ccccc1CN(C)C(=O)C(C)N1CCOC(CN(C)CC(=O)O)C1. The van der Waals surface area contributed by atoms with Crippen LogP contribution in [0.15, 0.2) is 24.3 Å². The van der Waals surface area contributed by atoms with Gasteiger partial charge in [-0.15, -0.1) is 0 Å². The Hall–Kier alpha value is -1.96. The number of aliphatic carboxylic acids is 1. The molecule has 2 rings (SSSR count). The summed E-state index contributed by atoms with van der Waals surface area (Å²) in [4.78, 5) is 29.3. The summed E-state index contributed by atoms with van der Waals surface area (Å²) in [7, 11) is 3.60. The Balaban J connectivity index is 1.91. The fraction of sp³-hybridized carbons (Fsp3) is 0.600. The Morgan fingerprint density at radius 3 is 2.70 bits per heavy atom. The van der Waals surface area contributed by atoms with Crippen molar-refractivity contribution in [2.45, 2.75) is 32.5 Å². The second kappa shape index (κ2) is 9.82. The van der Waals surface area contributed by atoms with E-state index in [0.29, 0.717) is 32.8 Å². The lowest BCUT2D eigenvalue weighted by Crippen LogP contribution is -2.54. The molecule has 27 heavy (non-hydrogen) atoms. The molecule has 7 nitrogen and oxygen atoms in total. The lowest BCUT2D eigenvalue weighted by molar-refractivity contribution is -0.139. The zero-order chi connectivity index (χ0) is 20.0. The van der Waals surface area contributed by atoms with Crippen LogP contribution in [-0.4, -0.2) is 90.7 Å². The monoisotopic (exact) mass is 377 g/mol. The molecule has 1 aromatic carbocycles. The minimum atomic E-state index is -0.855. The number of benzene rings is 1. The fourth-order valence-corrected chi connectivity index (χ4v) is 3.44. The zero-order valence-electron chi connectivity index (χ0n) is 16.7. The Bertz CT molecular complexity index is 652. The third-order valence-electron chi connectivity index (χ3n) is 5.04. The van der Waals surface area contributed by atoms with Crippen molar-refractivity contribution < 1.29 is 19.4 Å². The third-order valence-corrected chi connectivity index (χ3v) is 5.04. The van der Waals surface area contributed by atoms with Crippen LogP contribution in [0.4, 0.5) is 0 Å². The summed E-state index contributed by atoms with van der Waals surface area (Å²) in [6.45, 7) is 6.95. The molecule has 7 heteroatoms. The van der Waals surface area contributed by atoms with Gasteiger partial charge in [-0.25, -0.2) is 0 Å². The minimum absolute atomic E-state index is 0.0203. The Labute approximate surface area is 161 Å². The number of carbonyl (C=O) groups excluding carboxylic acids is 1. The molecule has 0 spiro atoms. The maximum Gasteiger partial charge on any atom is 0.317 e. The number of hydrogen-bond acceptors (Lipinski definition) is 5. The van der Waals surface area contributed by atoms with Gasteiger partial charge in [0.2, 0.25) is 5.91 Å². The van der Waals surface area contributed by atoms with Crippen LogP contribution in [0.5, 0.6) is 0 Å². The van der Waals surface area contributed by atoms with E-state index in [1.807, 2.05) is 32.2 Å². The highest BCUT2D eigenvalue weighted by Crippen LogP contribution is 2.14. The van der Waals surface area contributed by atoms with Gasteiger partial charge < -0.3 is 14.7 Å². The number of likely N-dealkylation sites (N-methyl/N-ethyl adjacent to an activating group) is 2. The van der Waals surface area contributed by atoms with E-state index < -0.39 is 5.97 Å². The van der Waals surface area contributed by atoms with Crippen LogP contribution in [0.3, 0.4) is 0 Å². The van der Waals surface area contributed by atoms with Crippen molar-refractivity contribution in [3.8, 4) is 0 Å². The number of amides is 1. The summed E-state index contributed by atoms with van der Waals surface area (Å²) >= 11 is 0. The van der Waals surface area contributed by atoms with Crippen LogP contribution in [0.2, 0.25) is 0 Å². The molecular formula is C20H31N3O4. The molecule has 150 valence electrons. The van der Waals surface area contributed by atoms with Gasteiger partial charge in [-0.2, -0.15) is 0 Å². The Morgan fingerprint density at radius 2 is 2.04 bits per heavy atom. The number of morpholine rings is 1. The van der Waals surface area contributed by atoms with Gasteiger partial charge in [-0.3, -0.25) is 19.4 Å². The van der Waals surface area contributed by atoms with Gasteiger partial charge in [-0.05, 0) is 32.0 Å². The highest BCUT2D eigenvalue weighted by atomic mass is 16.5. The van der Waals surface area contributed by atoms with Crippen LogP contribution < -0.4 is 0 Å². The first kappa shape index (κ1) is 21.3. The molecule has 1 aliphatic heterocycles. The molecule has 1 fully saturated rings. The van der Waals surface area contributed by atoms with Crippen molar-refractivity contribution in [2.75, 3.05) is 46.9 Å². The summed E-state index contributed by atoms with van der Waals surface area (Å²) < 4.78 is 5.76. The molecule has 1 aromatic rings. The van der Waals surface area contributed by atoms with Gasteiger partial charge in [0.1, 0.15) is 0 Å². The molecule has 0 aliphatic carbocycles. The van der Waals surface area contributed by atoms with Crippen LogP contribution in [0.1, 0.15) is 18.1 Å². The molecule has 1 N–H and O–H groups in total. The largest absolute Gasteiger partial charge is 0.480 e. The van der Waals surface area contributed by atoms with Crippen molar-refractivity contribution in [2.24, 2.45) is 0 Å². The quantitative estimate of drug-likeness (QED) is 0.730. The number of hydrogen-bond donors (Lipinski definition) is 1. The normalized spacial score (nSPS) is 19.1. The Morgan fingerprint density at radius 1 is 1.33 bits per heavy atom. The first-order valence-electron chi connectivity index (χ1n) is 9.33. The molecule has 1 saturated heterocycles. The van der Waals surface area contributed by atoms with E-state index in [0.717, 1.165) is 5.56 Å². The number of aryl methyl sites for hydroxylation is 1. The average Bonchev–Trinajstić information content (AvgIpc) is 2.61. The number of carboxylic acid groups (broad SMARTS) is 1. The van der Waals surface area contributed by atoms with Gasteiger partial charge in [0.25, 0.3) is 0 Å². The van der Waals surface area contributed by atoms with E-state index in [2.05, 4.69) is 17.9 Å². The predicted octanol–water partition coefficient (Wildman–Crippen LogP) is 1.06. The average molecular weight is 377 g/mol. The first-order valence-corrected chi connectivity index (χ1v) is 9.33. The van der Waals surface area contributed by atoms with Gasteiger partial charge in [-0.1, -0.05) is 24.3 Å². The van der Waals surface area contributed by atoms with E-state index in [4.69, 9.17) is 9.84 Å². The van der Waals surface area contributed by atoms with Crippen molar-refractivity contribution >= 4 is 11.9 Å². The third kappa shape index (κ3) is 6.30. The number of rotatable bonds is 8. The van der Waals surface area contributed by atoms with Crippen LogP contribution in [-0.2, 0) is 20.9 Å². The number of nitrogens with zero attached hydrogens (tertiary/aromatic N) is 3. The summed E-state index contributed by atoms with van der Waals surface area (Å²) in [6.07, 6.45) is -0.0972. The van der Waals surface area contributed by atoms with Crippen molar-refractivity contribution in [3.05, 3.63) is 35.4 Å². The standard InChI is InChI=1S/C20H31N3O4/c1-15-7-5-6-8-17(15)11-22(4)20(26)16(2)23-9-10-27-18(13-23)12-21(3)14-19(24)25/h5-8,16,18H,9-14H2,1-4H3,(H,24,25). The zero-order valence-corrected chi connectivity index (χ0v) is 16.7. The first-order chi connectivity index (χ1) is 12.8. The van der Waals surface area contributed by atoms with Gasteiger partial charge in [0.15, 0.2) is 0 Å². The van der Waals surface area contributed by atoms with E-state index in [1.54, 1.807) is 16.8 Å². The molecule has 2 atom stereocenters. The number of ether oxygens (including phenoxy) is 1.